The fourth-order valence-corrected chi connectivity index (χ4v) is 2.77. The Morgan fingerprint density at radius 1 is 1.04 bits per heavy atom. The molecule has 0 bridgehead atoms. The smallest absolute Gasteiger partial charge is 0.238 e. The summed E-state index contributed by atoms with van der Waals surface area (Å²) in [5, 5.41) is 5.50. The molecule has 0 atom stereocenters. The van der Waals surface area contributed by atoms with E-state index in [0.717, 1.165) is 6.42 Å². The fraction of sp³-hybridized carbons (Fsp3) is 0.333. The molecular weight excluding hydrogens is 361 g/mol. The molecule has 150 valence electrons. The van der Waals surface area contributed by atoms with Crippen molar-refractivity contribution in [1.29, 1.82) is 0 Å². The minimum atomic E-state index is -0.357. The lowest BCUT2D eigenvalue weighted by Crippen LogP contribution is -2.41. The van der Waals surface area contributed by atoms with Crippen LogP contribution >= 0.6 is 0 Å². The SMILES string of the molecule is CCCN(CC(=O)NCc1ccccc1F)CC(=O)Nc1ccccc1OC. The molecule has 28 heavy (non-hydrogen) atoms. The zero-order chi connectivity index (χ0) is 20.4. The van der Waals surface area contributed by atoms with E-state index in [1.165, 1.54) is 13.2 Å². The minimum Gasteiger partial charge on any atom is -0.495 e. The molecule has 0 aliphatic heterocycles. The van der Waals surface area contributed by atoms with Crippen molar-refractivity contribution in [2.75, 3.05) is 32.1 Å². The molecule has 0 saturated heterocycles. The van der Waals surface area contributed by atoms with Gasteiger partial charge in [0.2, 0.25) is 11.8 Å². The van der Waals surface area contributed by atoms with Gasteiger partial charge in [0.25, 0.3) is 0 Å². The van der Waals surface area contributed by atoms with Gasteiger partial charge >= 0.3 is 0 Å². The van der Waals surface area contributed by atoms with E-state index in [9.17, 15) is 14.0 Å². The number of ether oxygens (including phenoxy) is 1. The van der Waals surface area contributed by atoms with Crippen LogP contribution < -0.4 is 15.4 Å². The first-order chi connectivity index (χ1) is 13.5. The highest BCUT2D eigenvalue weighted by molar-refractivity contribution is 5.94. The maximum Gasteiger partial charge on any atom is 0.238 e. The first kappa shape index (κ1) is 21.4. The summed E-state index contributed by atoms with van der Waals surface area (Å²) in [5.74, 6) is -0.286. The summed E-state index contributed by atoms with van der Waals surface area (Å²) in [4.78, 5) is 26.4. The Labute approximate surface area is 164 Å². The van der Waals surface area contributed by atoms with Crippen molar-refractivity contribution < 1.29 is 18.7 Å². The third-order valence-electron chi connectivity index (χ3n) is 4.09. The van der Waals surface area contributed by atoms with Gasteiger partial charge in [-0.15, -0.1) is 0 Å². The van der Waals surface area contributed by atoms with Crippen molar-refractivity contribution in [3.05, 3.63) is 59.9 Å². The number of carbonyl (C=O) groups excluding carboxylic acids is 2. The Bertz CT molecular complexity index is 798. The van der Waals surface area contributed by atoms with Crippen molar-refractivity contribution in [3.63, 3.8) is 0 Å². The molecule has 0 spiro atoms. The summed E-state index contributed by atoms with van der Waals surface area (Å²) in [7, 11) is 1.54. The third-order valence-corrected chi connectivity index (χ3v) is 4.09. The van der Waals surface area contributed by atoms with Gasteiger partial charge in [-0.25, -0.2) is 4.39 Å². The standard InChI is InChI=1S/C21H26FN3O3/c1-3-12-25(14-20(26)23-13-16-8-4-5-9-17(16)22)15-21(27)24-18-10-6-7-11-19(18)28-2/h4-11H,3,12-15H2,1-2H3,(H,23,26)(H,24,27). The molecule has 0 aliphatic rings. The molecule has 0 heterocycles. The highest BCUT2D eigenvalue weighted by atomic mass is 19.1. The van der Waals surface area contributed by atoms with E-state index in [4.69, 9.17) is 4.74 Å². The number of nitrogens with one attached hydrogen (secondary N) is 2. The van der Waals surface area contributed by atoms with Crippen LogP contribution in [0.5, 0.6) is 5.75 Å². The van der Waals surface area contributed by atoms with Crippen LogP contribution in [-0.4, -0.2) is 43.5 Å². The molecule has 2 rings (SSSR count). The second-order valence-electron chi connectivity index (χ2n) is 6.33. The number of para-hydroxylation sites is 2. The van der Waals surface area contributed by atoms with Gasteiger partial charge in [-0.2, -0.15) is 0 Å². The van der Waals surface area contributed by atoms with Gasteiger partial charge in [0.15, 0.2) is 0 Å². The van der Waals surface area contributed by atoms with Gasteiger partial charge in [0.1, 0.15) is 11.6 Å². The van der Waals surface area contributed by atoms with Crippen LogP contribution in [-0.2, 0) is 16.1 Å². The lowest BCUT2D eigenvalue weighted by atomic mass is 10.2. The summed E-state index contributed by atoms with van der Waals surface area (Å²) in [5.41, 5.74) is 1.00. The second kappa shape index (κ2) is 11.0. The van der Waals surface area contributed by atoms with Crippen molar-refractivity contribution in [3.8, 4) is 5.75 Å². The van der Waals surface area contributed by atoms with Gasteiger partial charge in [0, 0.05) is 12.1 Å². The lowest BCUT2D eigenvalue weighted by Gasteiger charge is -2.21. The molecule has 0 radical (unpaired) electrons. The number of nitrogens with zero attached hydrogens (tertiary/aromatic N) is 1. The quantitative estimate of drug-likeness (QED) is 0.658. The number of carbonyl (C=O) groups is 2. The van der Waals surface area contributed by atoms with E-state index in [0.29, 0.717) is 23.5 Å². The monoisotopic (exact) mass is 387 g/mol. The summed E-state index contributed by atoms with van der Waals surface area (Å²) in [6, 6.07) is 13.4. The first-order valence-corrected chi connectivity index (χ1v) is 9.18. The number of methoxy groups -OCH3 is 1. The van der Waals surface area contributed by atoms with Crippen LogP contribution in [0.4, 0.5) is 10.1 Å². The van der Waals surface area contributed by atoms with Crippen LogP contribution in [0, 0.1) is 5.82 Å². The van der Waals surface area contributed by atoms with E-state index in [1.54, 1.807) is 41.3 Å². The van der Waals surface area contributed by atoms with Crippen molar-refractivity contribution in [2.45, 2.75) is 19.9 Å². The summed E-state index contributed by atoms with van der Waals surface area (Å²) >= 11 is 0. The second-order valence-corrected chi connectivity index (χ2v) is 6.33. The number of anilines is 1. The van der Waals surface area contributed by atoms with E-state index in [-0.39, 0.29) is 37.3 Å². The van der Waals surface area contributed by atoms with Crippen LogP contribution in [0.25, 0.3) is 0 Å². The van der Waals surface area contributed by atoms with Crippen LogP contribution in [0.1, 0.15) is 18.9 Å². The molecule has 7 heteroatoms. The van der Waals surface area contributed by atoms with Crippen molar-refractivity contribution >= 4 is 17.5 Å². The summed E-state index contributed by atoms with van der Waals surface area (Å²) < 4.78 is 18.9. The average molecular weight is 387 g/mol. The molecule has 0 aliphatic carbocycles. The molecule has 2 N–H and O–H groups in total. The topological polar surface area (TPSA) is 70.7 Å². The van der Waals surface area contributed by atoms with Gasteiger partial charge < -0.3 is 15.4 Å². The van der Waals surface area contributed by atoms with Crippen LogP contribution in [0.3, 0.4) is 0 Å². The molecular formula is C21H26FN3O3. The number of rotatable bonds is 10. The molecule has 6 nitrogen and oxygen atoms in total. The highest BCUT2D eigenvalue weighted by Crippen LogP contribution is 2.22. The normalized spacial score (nSPS) is 10.6. The molecule has 2 aromatic rings. The number of amides is 2. The third kappa shape index (κ3) is 6.66. The van der Waals surface area contributed by atoms with Crippen LogP contribution in [0.2, 0.25) is 0 Å². The minimum absolute atomic E-state index is 0.0572. The Hall–Kier alpha value is -2.93. The van der Waals surface area contributed by atoms with Crippen molar-refractivity contribution in [2.24, 2.45) is 0 Å². The number of hydrogen-bond acceptors (Lipinski definition) is 4. The molecule has 0 saturated carbocycles. The van der Waals surface area contributed by atoms with Crippen molar-refractivity contribution in [1.82, 2.24) is 10.2 Å². The zero-order valence-corrected chi connectivity index (χ0v) is 16.2. The first-order valence-electron chi connectivity index (χ1n) is 9.18. The van der Waals surface area contributed by atoms with E-state index in [1.807, 2.05) is 13.0 Å². The van der Waals surface area contributed by atoms with E-state index < -0.39 is 0 Å². The molecule has 0 aromatic heterocycles. The molecule has 0 unspecified atom stereocenters. The number of hydrogen-bond donors (Lipinski definition) is 2. The fourth-order valence-electron chi connectivity index (χ4n) is 2.77. The van der Waals surface area contributed by atoms with Gasteiger partial charge in [-0.3, -0.25) is 14.5 Å². The molecule has 0 fully saturated rings. The summed E-state index contributed by atoms with van der Waals surface area (Å²) in [6.45, 7) is 2.80. The number of benzene rings is 2. The summed E-state index contributed by atoms with van der Waals surface area (Å²) in [6.07, 6.45) is 0.794. The largest absolute Gasteiger partial charge is 0.495 e. The van der Waals surface area contributed by atoms with Gasteiger partial charge in [-0.1, -0.05) is 37.3 Å². The van der Waals surface area contributed by atoms with Crippen LogP contribution in [0.15, 0.2) is 48.5 Å². The van der Waals surface area contributed by atoms with Gasteiger partial charge in [0.05, 0.1) is 25.9 Å². The number of halogens is 1. The predicted molar refractivity (Wildman–Crippen MR) is 107 cm³/mol. The predicted octanol–water partition coefficient (Wildman–Crippen LogP) is 2.80. The Balaban J connectivity index is 1.88. The zero-order valence-electron chi connectivity index (χ0n) is 16.2. The Kier molecular flexibility index (Phi) is 8.42. The van der Waals surface area contributed by atoms with E-state index in [2.05, 4.69) is 10.6 Å². The average Bonchev–Trinajstić information content (AvgIpc) is 2.68. The Morgan fingerprint density at radius 2 is 1.71 bits per heavy atom. The van der Waals surface area contributed by atoms with Gasteiger partial charge in [-0.05, 0) is 31.2 Å². The Morgan fingerprint density at radius 3 is 2.43 bits per heavy atom. The highest BCUT2D eigenvalue weighted by Gasteiger charge is 2.15. The van der Waals surface area contributed by atoms with E-state index >= 15 is 0 Å². The maximum absolute atomic E-state index is 13.6. The lowest BCUT2D eigenvalue weighted by molar-refractivity contribution is -0.123. The molecule has 2 aromatic carbocycles. The maximum atomic E-state index is 13.6. The molecule has 2 amide bonds.